The van der Waals surface area contributed by atoms with Crippen LogP contribution in [0.4, 0.5) is 0 Å². The van der Waals surface area contributed by atoms with E-state index in [1.165, 1.54) is 17.5 Å². The number of hydrogen-bond donors (Lipinski definition) is 1. The average molecular weight is 262 g/mol. The number of nitrogens with zero attached hydrogens (tertiary/aromatic N) is 1. The quantitative estimate of drug-likeness (QED) is 0.811. The maximum Gasteiger partial charge on any atom is 0.0309 e. The second-order valence-electron chi connectivity index (χ2n) is 6.21. The number of rotatable bonds is 7. The van der Waals surface area contributed by atoms with Crippen LogP contribution in [0, 0.1) is 12.8 Å². The lowest BCUT2D eigenvalue weighted by atomic mass is 9.99. The third-order valence-corrected chi connectivity index (χ3v) is 3.95. The molecule has 0 aliphatic rings. The van der Waals surface area contributed by atoms with Crippen LogP contribution in [-0.2, 0) is 0 Å². The summed E-state index contributed by atoms with van der Waals surface area (Å²) < 4.78 is 0. The Bertz CT molecular complexity index is 373. The van der Waals surface area contributed by atoms with Crippen molar-refractivity contribution >= 4 is 0 Å². The Balaban J connectivity index is 2.46. The van der Waals surface area contributed by atoms with E-state index in [4.69, 9.17) is 5.73 Å². The highest BCUT2D eigenvalue weighted by molar-refractivity contribution is 5.28. The molecule has 0 aliphatic heterocycles. The molecule has 0 spiro atoms. The van der Waals surface area contributed by atoms with Gasteiger partial charge in [0.2, 0.25) is 0 Å². The van der Waals surface area contributed by atoms with Crippen LogP contribution in [0.1, 0.15) is 50.8 Å². The van der Waals surface area contributed by atoms with E-state index in [0.717, 1.165) is 18.9 Å². The Kier molecular flexibility index (Phi) is 6.53. The van der Waals surface area contributed by atoms with Gasteiger partial charge in [0.25, 0.3) is 0 Å². The van der Waals surface area contributed by atoms with Crippen molar-refractivity contribution in [1.82, 2.24) is 4.90 Å². The lowest BCUT2D eigenvalue weighted by Crippen LogP contribution is -2.32. The molecule has 2 heteroatoms. The summed E-state index contributed by atoms with van der Waals surface area (Å²) in [5.74, 6) is 0.752. The van der Waals surface area contributed by atoms with Crippen LogP contribution >= 0.6 is 0 Å². The molecule has 2 N–H and O–H groups in total. The van der Waals surface area contributed by atoms with Crippen LogP contribution in [0.25, 0.3) is 0 Å². The minimum absolute atomic E-state index is 0.148. The van der Waals surface area contributed by atoms with Gasteiger partial charge in [-0.3, -0.25) is 0 Å². The molecule has 2 nitrogen and oxygen atoms in total. The molecule has 0 heterocycles. The smallest absolute Gasteiger partial charge is 0.0309 e. The summed E-state index contributed by atoms with van der Waals surface area (Å²) in [6, 6.07) is 9.21. The molecule has 2 atom stereocenters. The molecule has 0 aliphatic carbocycles. The first-order chi connectivity index (χ1) is 8.91. The third kappa shape index (κ3) is 5.33. The molecule has 0 saturated heterocycles. The van der Waals surface area contributed by atoms with Crippen molar-refractivity contribution in [2.24, 2.45) is 11.7 Å². The summed E-state index contributed by atoms with van der Waals surface area (Å²) >= 11 is 0. The molecular weight excluding hydrogens is 232 g/mol. The van der Waals surface area contributed by atoms with Gasteiger partial charge < -0.3 is 10.6 Å². The highest BCUT2D eigenvalue weighted by Gasteiger charge is 2.14. The van der Waals surface area contributed by atoms with Crippen molar-refractivity contribution in [2.45, 2.75) is 52.6 Å². The minimum Gasteiger partial charge on any atom is -0.324 e. The highest BCUT2D eigenvalue weighted by Crippen LogP contribution is 2.19. The third-order valence-electron chi connectivity index (χ3n) is 3.95. The molecule has 108 valence electrons. The van der Waals surface area contributed by atoms with Gasteiger partial charge in [0.15, 0.2) is 0 Å². The summed E-state index contributed by atoms with van der Waals surface area (Å²) in [6.45, 7) is 10.1. The van der Waals surface area contributed by atoms with Crippen molar-refractivity contribution in [3.8, 4) is 0 Å². The Hall–Kier alpha value is -0.860. The fourth-order valence-corrected chi connectivity index (χ4v) is 2.58. The molecule has 19 heavy (non-hydrogen) atoms. The Morgan fingerprint density at radius 3 is 2.37 bits per heavy atom. The van der Waals surface area contributed by atoms with Crippen LogP contribution in [0.2, 0.25) is 0 Å². The molecule has 2 unspecified atom stereocenters. The molecular formula is C17H30N2. The first-order valence-electron chi connectivity index (χ1n) is 7.43. The van der Waals surface area contributed by atoms with E-state index in [9.17, 15) is 0 Å². The lowest BCUT2D eigenvalue weighted by molar-refractivity contribution is 0.221. The molecule has 0 radical (unpaired) electrons. The van der Waals surface area contributed by atoms with Crippen LogP contribution in [0.3, 0.4) is 0 Å². The molecule has 1 aromatic rings. The van der Waals surface area contributed by atoms with E-state index in [1.807, 2.05) is 0 Å². The van der Waals surface area contributed by atoms with E-state index >= 15 is 0 Å². The van der Waals surface area contributed by atoms with E-state index in [2.05, 4.69) is 63.9 Å². The van der Waals surface area contributed by atoms with Crippen molar-refractivity contribution in [1.29, 1.82) is 0 Å². The van der Waals surface area contributed by atoms with Gasteiger partial charge in [-0.2, -0.15) is 0 Å². The highest BCUT2D eigenvalue weighted by atomic mass is 15.1. The van der Waals surface area contributed by atoms with Crippen LogP contribution in [-0.4, -0.2) is 24.5 Å². The minimum atomic E-state index is 0.148. The van der Waals surface area contributed by atoms with Gasteiger partial charge in [0.05, 0.1) is 0 Å². The second kappa shape index (κ2) is 7.66. The van der Waals surface area contributed by atoms with Crippen molar-refractivity contribution in [3.05, 3.63) is 35.4 Å². The molecule has 0 aromatic heterocycles. The van der Waals surface area contributed by atoms with Gasteiger partial charge in [0.1, 0.15) is 0 Å². The molecule has 0 saturated carbocycles. The zero-order chi connectivity index (χ0) is 14.4. The first-order valence-corrected chi connectivity index (χ1v) is 7.43. The fraction of sp³-hybridized carbons (Fsp3) is 0.647. The summed E-state index contributed by atoms with van der Waals surface area (Å²) in [6.07, 6.45) is 2.26. The zero-order valence-corrected chi connectivity index (χ0v) is 13.2. The van der Waals surface area contributed by atoms with Crippen molar-refractivity contribution in [3.63, 3.8) is 0 Å². The fourth-order valence-electron chi connectivity index (χ4n) is 2.58. The largest absolute Gasteiger partial charge is 0.324 e. The Morgan fingerprint density at radius 1 is 1.16 bits per heavy atom. The van der Waals surface area contributed by atoms with Gasteiger partial charge in [-0.05, 0) is 57.3 Å². The van der Waals surface area contributed by atoms with Crippen LogP contribution in [0.15, 0.2) is 24.3 Å². The van der Waals surface area contributed by atoms with Crippen LogP contribution < -0.4 is 5.73 Å². The van der Waals surface area contributed by atoms with E-state index in [-0.39, 0.29) is 6.04 Å². The number of benzene rings is 1. The Morgan fingerprint density at radius 2 is 1.79 bits per heavy atom. The second-order valence-corrected chi connectivity index (χ2v) is 6.21. The standard InChI is InChI=1S/C17H30N2/c1-13(2)12-15(4)19(5)11-10-17(18)16-9-7-6-8-14(16)3/h6-9,13,15,17H,10-12,18H2,1-5H3. The first kappa shape index (κ1) is 16.2. The number of nitrogens with two attached hydrogens (primary N) is 1. The summed E-state index contributed by atoms with van der Waals surface area (Å²) in [4.78, 5) is 2.43. The van der Waals surface area contributed by atoms with Crippen LogP contribution in [0.5, 0.6) is 0 Å². The van der Waals surface area contributed by atoms with Crippen molar-refractivity contribution in [2.75, 3.05) is 13.6 Å². The maximum atomic E-state index is 6.32. The summed E-state index contributed by atoms with van der Waals surface area (Å²) in [7, 11) is 2.21. The average Bonchev–Trinajstić information content (AvgIpc) is 2.35. The van der Waals surface area contributed by atoms with E-state index < -0.39 is 0 Å². The van der Waals surface area contributed by atoms with E-state index in [0.29, 0.717) is 6.04 Å². The van der Waals surface area contributed by atoms with Gasteiger partial charge in [-0.1, -0.05) is 38.1 Å². The maximum absolute atomic E-state index is 6.32. The summed E-state index contributed by atoms with van der Waals surface area (Å²) in [5, 5.41) is 0. The predicted octanol–water partition coefficient (Wildman–Crippen LogP) is 3.75. The lowest BCUT2D eigenvalue weighted by Gasteiger charge is -2.27. The Labute approximate surface area is 119 Å². The van der Waals surface area contributed by atoms with Gasteiger partial charge in [0, 0.05) is 12.1 Å². The number of aryl methyl sites for hydroxylation is 1. The van der Waals surface area contributed by atoms with Gasteiger partial charge in [-0.15, -0.1) is 0 Å². The number of hydrogen-bond acceptors (Lipinski definition) is 2. The molecule has 0 fully saturated rings. The molecule has 1 rings (SSSR count). The van der Waals surface area contributed by atoms with Gasteiger partial charge >= 0.3 is 0 Å². The normalized spacial score (nSPS) is 14.9. The molecule has 0 bridgehead atoms. The van der Waals surface area contributed by atoms with E-state index in [1.54, 1.807) is 0 Å². The molecule has 0 amide bonds. The molecule has 1 aromatic carbocycles. The van der Waals surface area contributed by atoms with Gasteiger partial charge in [-0.25, -0.2) is 0 Å². The zero-order valence-electron chi connectivity index (χ0n) is 13.2. The van der Waals surface area contributed by atoms with Crippen molar-refractivity contribution < 1.29 is 0 Å². The predicted molar refractivity (Wildman–Crippen MR) is 84.3 cm³/mol. The SMILES string of the molecule is Cc1ccccc1C(N)CCN(C)C(C)CC(C)C. The monoisotopic (exact) mass is 262 g/mol. The summed E-state index contributed by atoms with van der Waals surface area (Å²) in [5.41, 5.74) is 8.90. The topological polar surface area (TPSA) is 29.3 Å².